The Balaban J connectivity index is 1.76. The van der Waals surface area contributed by atoms with Gasteiger partial charge in [0, 0.05) is 6.21 Å². The van der Waals surface area contributed by atoms with Crippen molar-refractivity contribution in [2.75, 3.05) is 0 Å². The lowest BCUT2D eigenvalue weighted by atomic mass is 10.3. The molecule has 0 radical (unpaired) electrons. The fraction of sp³-hybridized carbons (Fsp3) is 0. The van der Waals surface area contributed by atoms with E-state index in [4.69, 9.17) is 4.74 Å². The third-order valence-electron chi connectivity index (χ3n) is 2.31. The zero-order valence-corrected chi connectivity index (χ0v) is 10.5. The number of ether oxygens (including phenoxy) is 1. The molecule has 2 aromatic carbocycles. The second-order valence-corrected chi connectivity index (χ2v) is 3.76. The van der Waals surface area contributed by atoms with Crippen molar-refractivity contribution in [3.63, 3.8) is 0 Å². The van der Waals surface area contributed by atoms with Crippen LogP contribution >= 0.6 is 0 Å². The number of nitrogens with zero attached hydrogens (tertiary/aromatic N) is 1. The van der Waals surface area contributed by atoms with Gasteiger partial charge in [-0.2, -0.15) is 0 Å². The van der Waals surface area contributed by atoms with E-state index in [9.17, 15) is 0 Å². The molecule has 0 amide bonds. The molecule has 0 N–H and O–H groups in total. The highest BCUT2D eigenvalue weighted by molar-refractivity contribution is 5.74. The quantitative estimate of drug-likeness (QED) is 0.433. The monoisotopic (exact) mass is 249 g/mol. The molecule has 0 aromatic heterocycles. The molecule has 0 saturated heterocycles. The standard InChI is InChI=1S/C17H15NO/c1-4-10-16(11-5-1)18-14-8-3-9-15-19-17-12-6-2-7-13-17/h1-15H/b8-3+,15-9?,18-14?. The molecular weight excluding hydrogens is 234 g/mol. The molecule has 0 fully saturated rings. The van der Waals surface area contributed by atoms with Crippen molar-refractivity contribution >= 4 is 11.9 Å². The zero-order chi connectivity index (χ0) is 13.2. The van der Waals surface area contributed by atoms with Crippen molar-refractivity contribution in [2.24, 2.45) is 4.99 Å². The van der Waals surface area contributed by atoms with Crippen molar-refractivity contribution in [1.82, 2.24) is 0 Å². The summed E-state index contributed by atoms with van der Waals surface area (Å²) in [5.41, 5.74) is 0.941. The van der Waals surface area contributed by atoms with Crippen LogP contribution in [0, 0.1) is 0 Å². The SMILES string of the molecule is C(=COc1ccccc1)/C=C/C=Nc1ccccc1. The normalized spacial score (nSPS) is 11.6. The highest BCUT2D eigenvalue weighted by atomic mass is 16.5. The number of allylic oxidation sites excluding steroid dienone is 3. The van der Waals surface area contributed by atoms with Crippen LogP contribution in [0.4, 0.5) is 5.69 Å². The van der Waals surface area contributed by atoms with Crippen LogP contribution in [0.5, 0.6) is 5.75 Å². The van der Waals surface area contributed by atoms with E-state index >= 15 is 0 Å². The highest BCUT2D eigenvalue weighted by Crippen LogP contribution is 2.09. The molecule has 2 rings (SSSR count). The summed E-state index contributed by atoms with van der Waals surface area (Å²) in [4.78, 5) is 4.28. The van der Waals surface area contributed by atoms with Crippen LogP contribution in [0.1, 0.15) is 0 Å². The van der Waals surface area contributed by atoms with E-state index in [1.807, 2.05) is 78.9 Å². The second-order valence-electron chi connectivity index (χ2n) is 3.76. The first-order chi connectivity index (χ1) is 9.45. The van der Waals surface area contributed by atoms with Crippen LogP contribution in [0.3, 0.4) is 0 Å². The summed E-state index contributed by atoms with van der Waals surface area (Å²) in [6.45, 7) is 0. The average molecular weight is 249 g/mol. The minimum absolute atomic E-state index is 0.824. The van der Waals surface area contributed by atoms with E-state index in [-0.39, 0.29) is 0 Å². The summed E-state index contributed by atoms with van der Waals surface area (Å²) in [5, 5.41) is 0. The number of rotatable bonds is 5. The molecule has 0 saturated carbocycles. The largest absolute Gasteiger partial charge is 0.465 e. The molecule has 0 heterocycles. The van der Waals surface area contributed by atoms with Gasteiger partial charge in [-0.15, -0.1) is 0 Å². The summed E-state index contributed by atoms with van der Waals surface area (Å²) in [6.07, 6.45) is 8.95. The third-order valence-corrected chi connectivity index (χ3v) is 2.31. The Bertz CT molecular complexity index is 556. The van der Waals surface area contributed by atoms with Gasteiger partial charge in [0.25, 0.3) is 0 Å². The van der Waals surface area contributed by atoms with Gasteiger partial charge >= 0.3 is 0 Å². The van der Waals surface area contributed by atoms with Crippen molar-refractivity contribution in [1.29, 1.82) is 0 Å². The number of para-hydroxylation sites is 2. The maximum Gasteiger partial charge on any atom is 0.126 e. The lowest BCUT2D eigenvalue weighted by Gasteiger charge is -1.96. The van der Waals surface area contributed by atoms with E-state index in [2.05, 4.69) is 4.99 Å². The molecule has 2 aromatic rings. The van der Waals surface area contributed by atoms with Gasteiger partial charge in [0.05, 0.1) is 11.9 Å². The Labute approximate surface area is 113 Å². The van der Waals surface area contributed by atoms with Gasteiger partial charge in [-0.25, -0.2) is 0 Å². The van der Waals surface area contributed by atoms with Crippen LogP contribution in [-0.4, -0.2) is 6.21 Å². The predicted molar refractivity (Wildman–Crippen MR) is 79.9 cm³/mol. The number of benzene rings is 2. The molecule has 0 unspecified atom stereocenters. The molecule has 2 nitrogen and oxygen atoms in total. The van der Waals surface area contributed by atoms with Gasteiger partial charge < -0.3 is 4.74 Å². The van der Waals surface area contributed by atoms with E-state index in [0.717, 1.165) is 11.4 Å². The lowest BCUT2D eigenvalue weighted by Crippen LogP contribution is -1.79. The minimum atomic E-state index is 0.824. The summed E-state index contributed by atoms with van der Waals surface area (Å²) in [7, 11) is 0. The molecule has 0 aliphatic carbocycles. The first kappa shape index (κ1) is 12.8. The summed E-state index contributed by atoms with van der Waals surface area (Å²) in [6, 6.07) is 19.5. The average Bonchev–Trinajstić information content (AvgIpc) is 2.48. The first-order valence-electron chi connectivity index (χ1n) is 6.08. The maximum atomic E-state index is 5.39. The number of aliphatic imine (C=N–C) groups is 1. The maximum absolute atomic E-state index is 5.39. The molecule has 0 bridgehead atoms. The van der Waals surface area contributed by atoms with E-state index in [0.29, 0.717) is 0 Å². The molecule has 0 aliphatic heterocycles. The van der Waals surface area contributed by atoms with Crippen molar-refractivity contribution < 1.29 is 4.74 Å². The van der Waals surface area contributed by atoms with Crippen molar-refractivity contribution in [3.8, 4) is 5.75 Å². The second kappa shape index (κ2) is 7.67. The van der Waals surface area contributed by atoms with Crippen LogP contribution in [-0.2, 0) is 0 Å². The Morgan fingerprint density at radius 2 is 1.42 bits per heavy atom. The van der Waals surface area contributed by atoms with Gasteiger partial charge in [0.2, 0.25) is 0 Å². The molecule has 94 valence electrons. The van der Waals surface area contributed by atoms with Gasteiger partial charge in [0.15, 0.2) is 0 Å². The summed E-state index contributed by atoms with van der Waals surface area (Å²) < 4.78 is 5.39. The molecule has 0 spiro atoms. The van der Waals surface area contributed by atoms with E-state index in [1.54, 1.807) is 12.5 Å². The highest BCUT2D eigenvalue weighted by Gasteiger charge is 1.84. The summed E-state index contributed by atoms with van der Waals surface area (Å²) >= 11 is 0. The third kappa shape index (κ3) is 5.04. The Morgan fingerprint density at radius 3 is 2.16 bits per heavy atom. The Hall–Kier alpha value is -2.61. The van der Waals surface area contributed by atoms with Crippen LogP contribution in [0.25, 0.3) is 0 Å². The number of hydrogen-bond donors (Lipinski definition) is 0. The smallest absolute Gasteiger partial charge is 0.126 e. The van der Waals surface area contributed by atoms with Gasteiger partial charge in [-0.1, -0.05) is 42.5 Å². The van der Waals surface area contributed by atoms with Crippen LogP contribution < -0.4 is 4.74 Å². The van der Waals surface area contributed by atoms with E-state index < -0.39 is 0 Å². The van der Waals surface area contributed by atoms with Gasteiger partial charge in [0.1, 0.15) is 5.75 Å². The van der Waals surface area contributed by atoms with Gasteiger partial charge in [-0.3, -0.25) is 4.99 Å². The van der Waals surface area contributed by atoms with Gasteiger partial charge in [-0.05, 0) is 36.4 Å². The predicted octanol–water partition coefficient (Wildman–Crippen LogP) is 4.54. The molecule has 19 heavy (non-hydrogen) atoms. The number of hydrogen-bond acceptors (Lipinski definition) is 2. The molecule has 0 atom stereocenters. The minimum Gasteiger partial charge on any atom is -0.465 e. The zero-order valence-electron chi connectivity index (χ0n) is 10.5. The molecule has 0 aliphatic rings. The van der Waals surface area contributed by atoms with Crippen LogP contribution in [0.15, 0.2) is 90.1 Å². The fourth-order valence-electron chi connectivity index (χ4n) is 1.42. The first-order valence-corrected chi connectivity index (χ1v) is 6.08. The topological polar surface area (TPSA) is 21.6 Å². The Morgan fingerprint density at radius 1 is 0.737 bits per heavy atom. The Kier molecular flexibility index (Phi) is 5.18. The summed E-state index contributed by atoms with van der Waals surface area (Å²) in [5.74, 6) is 0.824. The molecular formula is C17H15NO. The van der Waals surface area contributed by atoms with E-state index in [1.165, 1.54) is 0 Å². The van der Waals surface area contributed by atoms with Crippen LogP contribution in [0.2, 0.25) is 0 Å². The molecule has 2 heteroatoms. The van der Waals surface area contributed by atoms with Crippen molar-refractivity contribution in [3.05, 3.63) is 85.2 Å². The van der Waals surface area contributed by atoms with Crippen molar-refractivity contribution in [2.45, 2.75) is 0 Å². The fourth-order valence-corrected chi connectivity index (χ4v) is 1.42. The lowest BCUT2D eigenvalue weighted by molar-refractivity contribution is 0.481.